The molecule has 0 aliphatic heterocycles. The minimum Gasteiger partial charge on any atom is -0.412 e. The number of H-pyrrole nitrogens is 1. The molecule has 7 N–H and O–H groups in total. The van der Waals surface area contributed by atoms with Gasteiger partial charge in [-0.15, -0.1) is 0 Å². The summed E-state index contributed by atoms with van der Waals surface area (Å²) in [4.78, 5) is 3.47. The lowest BCUT2D eigenvalue weighted by atomic mass is 10.0. The number of hydrogen-bond acceptors (Lipinski definition) is 1. The lowest BCUT2D eigenvalue weighted by Gasteiger charge is -2.02. The Hall–Kier alpha value is -1.36. The smallest absolute Gasteiger partial charge is 0.0491 e. The molecule has 4 nitrogen and oxygen atoms in total. The monoisotopic (exact) mass is 238 g/mol. The molecule has 0 unspecified atom stereocenters. The molecule has 0 amide bonds. The van der Waals surface area contributed by atoms with Gasteiger partial charge in [0.05, 0.1) is 0 Å². The highest BCUT2D eigenvalue weighted by Gasteiger charge is 2.09. The average molecular weight is 238 g/mol. The zero-order valence-corrected chi connectivity index (χ0v) is 10.6. The van der Waals surface area contributed by atoms with Gasteiger partial charge < -0.3 is 21.7 Å². The van der Waals surface area contributed by atoms with Gasteiger partial charge in [0.2, 0.25) is 0 Å². The highest BCUT2D eigenvalue weighted by Crippen LogP contribution is 2.26. The Morgan fingerprint density at radius 3 is 2.35 bits per heavy atom. The molecule has 0 saturated heterocycles. The van der Waals surface area contributed by atoms with Gasteiger partial charge in [0.25, 0.3) is 0 Å². The van der Waals surface area contributed by atoms with Crippen LogP contribution in [0.15, 0.2) is 12.1 Å². The SMILES string of the molecule is Cc1ccc2c(CCN)c(C)[nH]c2c1C.O.O. The minimum atomic E-state index is 0. The summed E-state index contributed by atoms with van der Waals surface area (Å²) in [6.07, 6.45) is 0.953. The number of aryl methyl sites for hydroxylation is 3. The second kappa shape index (κ2) is 5.82. The summed E-state index contributed by atoms with van der Waals surface area (Å²) in [5.41, 5.74) is 12.2. The highest BCUT2D eigenvalue weighted by atomic mass is 16.0. The minimum absolute atomic E-state index is 0. The van der Waals surface area contributed by atoms with Crippen molar-refractivity contribution in [3.63, 3.8) is 0 Å². The largest absolute Gasteiger partial charge is 0.412 e. The van der Waals surface area contributed by atoms with Gasteiger partial charge >= 0.3 is 0 Å². The van der Waals surface area contributed by atoms with E-state index in [1.807, 2.05) is 0 Å². The van der Waals surface area contributed by atoms with Crippen LogP contribution in [-0.2, 0) is 6.42 Å². The quantitative estimate of drug-likeness (QED) is 0.798. The Morgan fingerprint density at radius 1 is 1.12 bits per heavy atom. The molecule has 0 fully saturated rings. The topological polar surface area (TPSA) is 105 Å². The van der Waals surface area contributed by atoms with Crippen LogP contribution in [-0.4, -0.2) is 22.5 Å². The molecule has 1 aromatic carbocycles. The molecule has 0 aliphatic rings. The molecular weight excluding hydrogens is 216 g/mol. The molecule has 4 heteroatoms. The maximum atomic E-state index is 5.63. The Bertz CT molecular complexity index is 504. The van der Waals surface area contributed by atoms with E-state index in [2.05, 4.69) is 37.9 Å². The second-order valence-corrected chi connectivity index (χ2v) is 4.20. The van der Waals surface area contributed by atoms with Crippen molar-refractivity contribution < 1.29 is 11.0 Å². The van der Waals surface area contributed by atoms with E-state index in [9.17, 15) is 0 Å². The van der Waals surface area contributed by atoms with Crippen molar-refractivity contribution in [3.8, 4) is 0 Å². The van der Waals surface area contributed by atoms with E-state index in [1.165, 1.54) is 33.3 Å². The number of aromatic nitrogens is 1. The molecule has 2 aromatic rings. The van der Waals surface area contributed by atoms with Crippen LogP contribution in [0.2, 0.25) is 0 Å². The van der Waals surface area contributed by atoms with Gasteiger partial charge in [-0.3, -0.25) is 0 Å². The third kappa shape index (κ3) is 2.49. The molecule has 1 aromatic heterocycles. The fourth-order valence-corrected chi connectivity index (χ4v) is 2.16. The van der Waals surface area contributed by atoms with E-state index in [0.717, 1.165) is 6.42 Å². The summed E-state index contributed by atoms with van der Waals surface area (Å²) in [5, 5.41) is 1.33. The van der Waals surface area contributed by atoms with Crippen LogP contribution in [0.5, 0.6) is 0 Å². The molecule has 0 atom stereocenters. The Kier molecular flexibility index (Phi) is 5.35. The van der Waals surface area contributed by atoms with E-state index in [4.69, 9.17) is 5.73 Å². The predicted molar refractivity (Wildman–Crippen MR) is 72.5 cm³/mol. The summed E-state index contributed by atoms with van der Waals surface area (Å²) < 4.78 is 0. The highest BCUT2D eigenvalue weighted by molar-refractivity contribution is 5.88. The number of aromatic amines is 1. The fraction of sp³-hybridized carbons (Fsp3) is 0.385. The summed E-state index contributed by atoms with van der Waals surface area (Å²) >= 11 is 0. The third-order valence-electron chi connectivity index (χ3n) is 3.22. The van der Waals surface area contributed by atoms with E-state index in [0.29, 0.717) is 6.54 Å². The lowest BCUT2D eigenvalue weighted by molar-refractivity contribution is 0.823. The van der Waals surface area contributed by atoms with Gasteiger partial charge in [-0.2, -0.15) is 0 Å². The Morgan fingerprint density at radius 2 is 1.76 bits per heavy atom. The Balaban J connectivity index is 0.00000128. The molecule has 17 heavy (non-hydrogen) atoms. The van der Waals surface area contributed by atoms with Gasteiger partial charge in [0.1, 0.15) is 0 Å². The van der Waals surface area contributed by atoms with Crippen LogP contribution < -0.4 is 5.73 Å². The molecule has 0 bridgehead atoms. The van der Waals surface area contributed by atoms with Crippen molar-refractivity contribution >= 4 is 10.9 Å². The van der Waals surface area contributed by atoms with Crippen molar-refractivity contribution in [1.29, 1.82) is 0 Å². The lowest BCUT2D eigenvalue weighted by Crippen LogP contribution is -2.03. The Labute approximate surface area is 101 Å². The molecule has 0 spiro atoms. The first-order chi connectivity index (χ1) is 7.15. The van der Waals surface area contributed by atoms with Gasteiger partial charge in [-0.05, 0) is 50.4 Å². The van der Waals surface area contributed by atoms with E-state index in [-0.39, 0.29) is 11.0 Å². The molecular formula is C13H22N2O2. The van der Waals surface area contributed by atoms with E-state index in [1.54, 1.807) is 0 Å². The number of nitrogens with one attached hydrogen (secondary N) is 1. The van der Waals surface area contributed by atoms with Crippen LogP contribution in [0, 0.1) is 20.8 Å². The predicted octanol–water partition coefficient (Wildman–Crippen LogP) is 0.945. The van der Waals surface area contributed by atoms with Crippen LogP contribution in [0.25, 0.3) is 10.9 Å². The van der Waals surface area contributed by atoms with Crippen LogP contribution in [0.1, 0.15) is 22.4 Å². The molecule has 0 aliphatic carbocycles. The summed E-state index contributed by atoms with van der Waals surface area (Å²) in [6.45, 7) is 7.15. The number of benzene rings is 1. The summed E-state index contributed by atoms with van der Waals surface area (Å²) in [7, 11) is 0. The second-order valence-electron chi connectivity index (χ2n) is 4.20. The number of rotatable bonds is 2. The van der Waals surface area contributed by atoms with E-state index >= 15 is 0 Å². The average Bonchev–Trinajstić information content (AvgIpc) is 2.52. The molecule has 0 saturated carbocycles. The fourth-order valence-electron chi connectivity index (χ4n) is 2.16. The number of hydrogen-bond donors (Lipinski definition) is 2. The van der Waals surface area contributed by atoms with Crippen LogP contribution in [0.4, 0.5) is 0 Å². The van der Waals surface area contributed by atoms with Crippen molar-refractivity contribution in [1.82, 2.24) is 4.98 Å². The first-order valence-electron chi connectivity index (χ1n) is 5.42. The van der Waals surface area contributed by atoms with Crippen molar-refractivity contribution in [2.24, 2.45) is 5.73 Å². The van der Waals surface area contributed by atoms with Gasteiger partial charge in [0, 0.05) is 16.6 Å². The zero-order valence-electron chi connectivity index (χ0n) is 10.6. The van der Waals surface area contributed by atoms with Crippen LogP contribution in [0.3, 0.4) is 0 Å². The van der Waals surface area contributed by atoms with Crippen molar-refractivity contribution in [2.75, 3.05) is 6.54 Å². The first-order valence-corrected chi connectivity index (χ1v) is 5.42. The van der Waals surface area contributed by atoms with Crippen molar-refractivity contribution in [2.45, 2.75) is 27.2 Å². The third-order valence-corrected chi connectivity index (χ3v) is 3.22. The summed E-state index contributed by atoms with van der Waals surface area (Å²) in [5.74, 6) is 0. The molecule has 0 radical (unpaired) electrons. The summed E-state index contributed by atoms with van der Waals surface area (Å²) in [6, 6.07) is 4.39. The normalized spacial score (nSPS) is 9.88. The van der Waals surface area contributed by atoms with Crippen molar-refractivity contribution in [3.05, 3.63) is 34.5 Å². The number of nitrogens with two attached hydrogens (primary N) is 1. The molecule has 2 rings (SSSR count). The maximum Gasteiger partial charge on any atom is 0.0491 e. The first kappa shape index (κ1) is 15.6. The number of fused-ring (bicyclic) bond motifs is 1. The molecule has 1 heterocycles. The molecule has 96 valence electrons. The van der Waals surface area contributed by atoms with Gasteiger partial charge in [0.15, 0.2) is 0 Å². The maximum absolute atomic E-state index is 5.63. The standard InChI is InChI=1S/C13H18N2.2H2O/c1-8-4-5-12-11(6-7-14)10(3)15-13(12)9(8)2;;/h4-5,15H,6-7,14H2,1-3H3;2*1H2. The zero-order chi connectivity index (χ0) is 11.0. The van der Waals surface area contributed by atoms with Crippen LogP contribution >= 0.6 is 0 Å². The van der Waals surface area contributed by atoms with Gasteiger partial charge in [-0.1, -0.05) is 12.1 Å². The van der Waals surface area contributed by atoms with E-state index < -0.39 is 0 Å². The van der Waals surface area contributed by atoms with Gasteiger partial charge in [-0.25, -0.2) is 0 Å².